The van der Waals surface area contributed by atoms with Crippen LogP contribution in [0.5, 0.6) is 0 Å². The first kappa shape index (κ1) is 11.2. The van der Waals surface area contributed by atoms with Gasteiger partial charge >= 0.3 is 0 Å². The smallest absolute Gasteiger partial charge is 0.0645 e. The van der Waals surface area contributed by atoms with Gasteiger partial charge in [-0.2, -0.15) is 0 Å². The van der Waals surface area contributed by atoms with Crippen LogP contribution in [-0.4, -0.2) is 13.6 Å². The van der Waals surface area contributed by atoms with Crippen LogP contribution in [0.15, 0.2) is 12.2 Å². The Morgan fingerprint density at radius 2 is 2.00 bits per heavy atom. The number of allylic oxidation sites excluding steroid dienone is 1. The van der Waals surface area contributed by atoms with E-state index in [-0.39, 0.29) is 0 Å². The molecule has 0 aliphatic carbocycles. The second kappa shape index (κ2) is 4.32. The molecule has 0 rings (SSSR count). The fourth-order valence-electron chi connectivity index (χ4n) is 1.06. The standard InChI is InChI=1S/C9H19ClSi/c1-8(2)9(3)6-11(4,5)7-10/h9H,1,6-7H2,2-5H3. The van der Waals surface area contributed by atoms with Crippen molar-refractivity contribution in [3.05, 3.63) is 12.2 Å². The Labute approximate surface area is 76.7 Å². The highest BCUT2D eigenvalue weighted by molar-refractivity contribution is 6.83. The van der Waals surface area contributed by atoms with Crippen molar-refractivity contribution >= 4 is 19.7 Å². The van der Waals surface area contributed by atoms with Gasteiger partial charge in [0, 0.05) is 5.50 Å². The van der Waals surface area contributed by atoms with Gasteiger partial charge in [0.2, 0.25) is 0 Å². The van der Waals surface area contributed by atoms with E-state index in [0.717, 1.165) is 5.50 Å². The second-order valence-corrected chi connectivity index (χ2v) is 10.1. The van der Waals surface area contributed by atoms with Crippen LogP contribution in [0.25, 0.3) is 0 Å². The molecule has 11 heavy (non-hydrogen) atoms. The molecule has 0 heterocycles. The first-order valence-electron chi connectivity index (χ1n) is 4.10. The van der Waals surface area contributed by atoms with Crippen molar-refractivity contribution in [1.82, 2.24) is 0 Å². The van der Waals surface area contributed by atoms with Crippen molar-refractivity contribution < 1.29 is 0 Å². The van der Waals surface area contributed by atoms with Gasteiger partial charge in [0.15, 0.2) is 0 Å². The molecule has 2 heteroatoms. The highest BCUT2D eigenvalue weighted by Crippen LogP contribution is 2.22. The number of hydrogen-bond acceptors (Lipinski definition) is 0. The predicted octanol–water partition coefficient (Wildman–Crippen LogP) is 3.69. The molecule has 0 aromatic rings. The molecule has 0 aliphatic heterocycles. The molecule has 0 aromatic heterocycles. The lowest BCUT2D eigenvalue weighted by molar-refractivity contribution is 0.756. The normalized spacial score (nSPS) is 14.6. The van der Waals surface area contributed by atoms with Crippen LogP contribution in [0.4, 0.5) is 0 Å². The highest BCUT2D eigenvalue weighted by atomic mass is 35.5. The molecular formula is C9H19ClSi. The zero-order chi connectivity index (χ0) is 9.07. The monoisotopic (exact) mass is 190 g/mol. The minimum absolute atomic E-state index is 0.649. The van der Waals surface area contributed by atoms with Gasteiger partial charge in [-0.05, 0) is 12.8 Å². The topological polar surface area (TPSA) is 0 Å². The minimum atomic E-state index is -1.10. The molecule has 0 fully saturated rings. The molecule has 1 atom stereocenters. The lowest BCUT2D eigenvalue weighted by Gasteiger charge is -2.23. The van der Waals surface area contributed by atoms with Crippen LogP contribution >= 0.6 is 11.6 Å². The molecular weight excluding hydrogens is 172 g/mol. The van der Waals surface area contributed by atoms with E-state index in [2.05, 4.69) is 33.5 Å². The van der Waals surface area contributed by atoms with E-state index in [9.17, 15) is 0 Å². The van der Waals surface area contributed by atoms with Gasteiger partial charge in [-0.1, -0.05) is 38.2 Å². The predicted molar refractivity (Wildman–Crippen MR) is 57.0 cm³/mol. The maximum Gasteiger partial charge on any atom is 0.0645 e. The van der Waals surface area contributed by atoms with E-state index in [1.807, 2.05) is 0 Å². The van der Waals surface area contributed by atoms with Crippen LogP contribution in [0.3, 0.4) is 0 Å². The van der Waals surface area contributed by atoms with Crippen LogP contribution in [0, 0.1) is 5.92 Å². The molecule has 0 aliphatic rings. The summed E-state index contributed by atoms with van der Waals surface area (Å²) in [6.07, 6.45) is 0. The summed E-state index contributed by atoms with van der Waals surface area (Å²) >= 11 is 5.87. The van der Waals surface area contributed by atoms with E-state index >= 15 is 0 Å². The summed E-state index contributed by atoms with van der Waals surface area (Å²) in [6, 6.07) is 1.27. The average Bonchev–Trinajstić information content (AvgIpc) is 1.87. The van der Waals surface area contributed by atoms with Crippen molar-refractivity contribution in [2.45, 2.75) is 33.0 Å². The maximum atomic E-state index is 5.87. The van der Waals surface area contributed by atoms with E-state index < -0.39 is 8.07 Å². The van der Waals surface area contributed by atoms with Gasteiger partial charge in [-0.25, -0.2) is 0 Å². The first-order chi connectivity index (χ1) is 4.89. The van der Waals surface area contributed by atoms with E-state index in [0.29, 0.717) is 5.92 Å². The first-order valence-corrected chi connectivity index (χ1v) is 8.05. The molecule has 0 saturated carbocycles. The summed E-state index contributed by atoms with van der Waals surface area (Å²) in [7, 11) is -1.10. The lowest BCUT2D eigenvalue weighted by atomic mass is 10.1. The van der Waals surface area contributed by atoms with Crippen LogP contribution < -0.4 is 0 Å². The maximum absolute atomic E-state index is 5.87. The van der Waals surface area contributed by atoms with Gasteiger partial charge in [-0.3, -0.25) is 0 Å². The van der Waals surface area contributed by atoms with Crippen molar-refractivity contribution in [3.63, 3.8) is 0 Å². The summed E-state index contributed by atoms with van der Waals surface area (Å²) in [5, 5.41) is 0. The summed E-state index contributed by atoms with van der Waals surface area (Å²) in [6.45, 7) is 13.0. The summed E-state index contributed by atoms with van der Waals surface area (Å²) in [5.74, 6) is 0.649. The zero-order valence-corrected chi connectivity index (χ0v) is 9.83. The van der Waals surface area contributed by atoms with Crippen molar-refractivity contribution in [3.8, 4) is 0 Å². The van der Waals surface area contributed by atoms with Crippen LogP contribution in [0.2, 0.25) is 19.1 Å². The Morgan fingerprint density at radius 3 is 2.27 bits per heavy atom. The molecule has 1 unspecified atom stereocenters. The number of alkyl halides is 1. The van der Waals surface area contributed by atoms with Crippen LogP contribution in [0.1, 0.15) is 13.8 Å². The van der Waals surface area contributed by atoms with E-state index in [1.54, 1.807) is 0 Å². The largest absolute Gasteiger partial charge is 0.130 e. The third kappa shape index (κ3) is 4.65. The summed E-state index contributed by atoms with van der Waals surface area (Å²) < 4.78 is 0. The van der Waals surface area contributed by atoms with Gasteiger partial charge in [0.1, 0.15) is 0 Å². The van der Waals surface area contributed by atoms with Crippen molar-refractivity contribution in [2.24, 2.45) is 5.92 Å². The fourth-order valence-corrected chi connectivity index (χ4v) is 3.50. The van der Waals surface area contributed by atoms with Gasteiger partial charge in [0.05, 0.1) is 8.07 Å². The van der Waals surface area contributed by atoms with Crippen LogP contribution in [-0.2, 0) is 0 Å². The Balaban J connectivity index is 3.93. The molecule has 0 spiro atoms. The molecule has 0 amide bonds. The minimum Gasteiger partial charge on any atom is -0.130 e. The second-order valence-electron chi connectivity index (χ2n) is 4.25. The molecule has 66 valence electrons. The van der Waals surface area contributed by atoms with Crippen molar-refractivity contribution in [2.75, 3.05) is 5.50 Å². The van der Waals surface area contributed by atoms with E-state index in [1.165, 1.54) is 11.6 Å². The van der Waals surface area contributed by atoms with E-state index in [4.69, 9.17) is 11.6 Å². The third-order valence-electron chi connectivity index (χ3n) is 2.06. The SMILES string of the molecule is C=C(C)C(C)C[Si](C)(C)CCl. The number of hydrogen-bond donors (Lipinski definition) is 0. The number of halogens is 1. The Hall–Kier alpha value is 0.247. The molecule has 0 nitrogen and oxygen atoms in total. The lowest BCUT2D eigenvalue weighted by Crippen LogP contribution is -2.30. The Bertz CT molecular complexity index is 140. The van der Waals surface area contributed by atoms with Gasteiger partial charge in [0.25, 0.3) is 0 Å². The fraction of sp³-hybridized carbons (Fsp3) is 0.778. The molecule has 0 bridgehead atoms. The summed E-state index contributed by atoms with van der Waals surface area (Å²) in [5.41, 5.74) is 2.15. The van der Waals surface area contributed by atoms with Crippen molar-refractivity contribution in [1.29, 1.82) is 0 Å². The molecule has 0 aromatic carbocycles. The zero-order valence-electron chi connectivity index (χ0n) is 8.08. The Morgan fingerprint density at radius 1 is 1.55 bits per heavy atom. The number of rotatable bonds is 4. The molecule has 0 radical (unpaired) electrons. The van der Waals surface area contributed by atoms with Gasteiger partial charge in [-0.15, -0.1) is 11.6 Å². The molecule has 0 saturated heterocycles. The van der Waals surface area contributed by atoms with Gasteiger partial charge < -0.3 is 0 Å². The third-order valence-corrected chi connectivity index (χ3v) is 6.67. The Kier molecular flexibility index (Phi) is 4.41. The quantitative estimate of drug-likeness (QED) is 0.361. The summed E-state index contributed by atoms with van der Waals surface area (Å²) in [4.78, 5) is 0. The molecule has 0 N–H and O–H groups in total. The average molecular weight is 191 g/mol. The highest BCUT2D eigenvalue weighted by Gasteiger charge is 2.22.